The Bertz CT molecular complexity index is 1250. The molecular weight excluding hydrogens is 773 g/mol. The third kappa shape index (κ3) is 40.3. The van der Waals surface area contributed by atoms with Gasteiger partial charge in [-0.3, -0.25) is 23.4 Å². The third-order valence-corrected chi connectivity index (χ3v) is 10.3. The molecule has 0 aromatic carbocycles. The van der Waals surface area contributed by atoms with Crippen molar-refractivity contribution in [2.45, 2.75) is 193 Å². The van der Waals surface area contributed by atoms with Gasteiger partial charge in [0.1, 0.15) is 12.6 Å². The Hall–Kier alpha value is -2.86. The number of carbonyl (C=O) groups is 3. The maximum Gasteiger partial charge on any atom is 0.472 e. The summed E-state index contributed by atoms with van der Waals surface area (Å²) in [5, 5.41) is 18.9. The molecule has 0 spiro atoms. The Kier molecular flexibility index (Phi) is 38.6. The maximum atomic E-state index is 12.6. The predicted octanol–water partition coefficient (Wildman–Crippen LogP) is 10.9. The minimum atomic E-state index is -4.75. The Morgan fingerprint density at radius 3 is 1.75 bits per heavy atom. The summed E-state index contributed by atoms with van der Waals surface area (Å²) in [5.41, 5.74) is 5.33. The first kappa shape index (κ1) is 56.1. The first-order chi connectivity index (χ1) is 28.5. The number of carboxylic acids is 1. The Balaban J connectivity index is 4.49. The highest BCUT2D eigenvalue weighted by Gasteiger charge is 2.28. The summed E-state index contributed by atoms with van der Waals surface area (Å²) >= 11 is 0. The minimum absolute atomic E-state index is 0.0502. The number of nitrogens with two attached hydrogens (primary N) is 1. The average molecular weight is 854 g/mol. The normalized spacial score (nSPS) is 14.8. The van der Waals surface area contributed by atoms with E-state index in [0.717, 1.165) is 32.1 Å². The van der Waals surface area contributed by atoms with Crippen LogP contribution in [0.3, 0.4) is 0 Å². The van der Waals surface area contributed by atoms with Crippen LogP contribution in [0.2, 0.25) is 0 Å². The molecule has 0 rings (SSSR count). The lowest BCUT2D eigenvalue weighted by Crippen LogP contribution is -2.34. The summed E-state index contributed by atoms with van der Waals surface area (Å²) < 4.78 is 32.6. The molecule has 0 aliphatic heterocycles. The number of carbonyl (C=O) groups excluding carboxylic acids is 2. The Morgan fingerprint density at radius 2 is 1.15 bits per heavy atom. The van der Waals surface area contributed by atoms with Gasteiger partial charge in [0.2, 0.25) is 0 Å². The molecule has 0 aromatic heterocycles. The number of esters is 2. The smallest absolute Gasteiger partial charge is 0.472 e. The quantitative estimate of drug-likeness (QED) is 0.0150. The lowest BCUT2D eigenvalue weighted by Gasteiger charge is -2.20. The van der Waals surface area contributed by atoms with Crippen LogP contribution in [-0.4, -0.2) is 71.1 Å². The monoisotopic (exact) mass is 854 g/mol. The summed E-state index contributed by atoms with van der Waals surface area (Å²) in [6, 6.07) is -1.54. The van der Waals surface area contributed by atoms with Crippen LogP contribution in [0, 0.1) is 0 Å². The first-order valence-electron chi connectivity index (χ1n) is 22.4. The molecule has 0 aromatic rings. The number of unbranched alkanes of at least 4 members (excludes halogenated alkanes) is 17. The number of phosphoric ester groups is 1. The summed E-state index contributed by atoms with van der Waals surface area (Å²) in [5.74, 6) is -2.50. The molecule has 5 N–H and O–H groups in total. The zero-order chi connectivity index (χ0) is 43.7. The van der Waals surface area contributed by atoms with Crippen LogP contribution >= 0.6 is 7.82 Å². The molecule has 59 heavy (non-hydrogen) atoms. The zero-order valence-electron chi connectivity index (χ0n) is 36.4. The van der Waals surface area contributed by atoms with Gasteiger partial charge in [0, 0.05) is 12.8 Å². The van der Waals surface area contributed by atoms with E-state index in [2.05, 4.69) is 30.5 Å². The number of rotatable bonds is 41. The number of phosphoric acid groups is 1. The molecule has 0 heterocycles. The first-order valence-corrected chi connectivity index (χ1v) is 23.9. The van der Waals surface area contributed by atoms with E-state index >= 15 is 0 Å². The van der Waals surface area contributed by atoms with Crippen LogP contribution in [0.4, 0.5) is 0 Å². The largest absolute Gasteiger partial charge is 0.480 e. The summed E-state index contributed by atoms with van der Waals surface area (Å²) in [6.07, 6.45) is 43.2. The molecule has 0 saturated heterocycles. The molecule has 4 atom stereocenters. The number of hydrogen-bond acceptors (Lipinski definition) is 10. The molecule has 0 radical (unpaired) electrons. The fourth-order valence-corrected chi connectivity index (χ4v) is 6.61. The van der Waals surface area contributed by atoms with Crippen molar-refractivity contribution in [1.29, 1.82) is 0 Å². The van der Waals surface area contributed by atoms with E-state index in [4.69, 9.17) is 24.8 Å². The average Bonchev–Trinajstić information content (AvgIpc) is 3.21. The van der Waals surface area contributed by atoms with Crippen LogP contribution in [0.1, 0.15) is 174 Å². The van der Waals surface area contributed by atoms with Crippen molar-refractivity contribution in [3.05, 3.63) is 60.8 Å². The Morgan fingerprint density at radius 1 is 0.627 bits per heavy atom. The van der Waals surface area contributed by atoms with Crippen LogP contribution in [0.5, 0.6) is 0 Å². The fraction of sp³-hybridized carbons (Fsp3) is 0.717. The van der Waals surface area contributed by atoms with E-state index < -0.39 is 57.2 Å². The van der Waals surface area contributed by atoms with Crippen molar-refractivity contribution >= 4 is 25.7 Å². The molecule has 0 saturated carbocycles. The predicted molar refractivity (Wildman–Crippen MR) is 237 cm³/mol. The van der Waals surface area contributed by atoms with Crippen LogP contribution in [0.15, 0.2) is 60.8 Å². The maximum absolute atomic E-state index is 12.6. The molecular formula is C46H80NO11P. The van der Waals surface area contributed by atoms with Crippen molar-refractivity contribution in [2.24, 2.45) is 5.73 Å². The van der Waals surface area contributed by atoms with Gasteiger partial charge >= 0.3 is 25.7 Å². The number of aliphatic hydroxyl groups is 1. The molecule has 13 heteroatoms. The van der Waals surface area contributed by atoms with Crippen LogP contribution < -0.4 is 5.73 Å². The van der Waals surface area contributed by atoms with E-state index in [0.29, 0.717) is 32.1 Å². The molecule has 0 aliphatic carbocycles. The van der Waals surface area contributed by atoms with Crippen molar-refractivity contribution in [3.8, 4) is 0 Å². The van der Waals surface area contributed by atoms with Gasteiger partial charge in [0.25, 0.3) is 0 Å². The van der Waals surface area contributed by atoms with Gasteiger partial charge in [-0.25, -0.2) is 4.57 Å². The van der Waals surface area contributed by atoms with Crippen molar-refractivity contribution in [2.75, 3.05) is 19.8 Å². The molecule has 12 nitrogen and oxygen atoms in total. The van der Waals surface area contributed by atoms with Gasteiger partial charge in [-0.05, 0) is 44.9 Å². The van der Waals surface area contributed by atoms with Gasteiger partial charge < -0.3 is 30.3 Å². The zero-order valence-corrected chi connectivity index (χ0v) is 37.3. The highest BCUT2D eigenvalue weighted by atomic mass is 31.2. The Labute approximate surface area is 356 Å². The highest BCUT2D eigenvalue weighted by Crippen LogP contribution is 2.43. The standard InChI is InChI=1S/C46H80NO11P/c1-3-5-7-9-11-12-13-14-15-16-17-18-19-20-24-28-32-36-44(49)55-38-42(39-56-59(53,54)57-40-43(47)46(51)52)58-45(50)37-33-29-25-22-21-23-27-31-35-41(48)34-30-26-10-8-6-4-2/h6,8,22-23,25-27,30-31,35,41-43,48H,3-5,7,9-21,24,28-29,32-34,36-40,47H2,1-2H3,(H,51,52)(H,53,54)/b8-6-,25-22-,27-23-,30-26-,35-31+/t41?,42-,43+/m1/s1. The van der Waals surface area contributed by atoms with E-state index in [9.17, 15) is 28.9 Å². The lowest BCUT2D eigenvalue weighted by atomic mass is 10.0. The molecule has 340 valence electrons. The molecule has 0 amide bonds. The summed E-state index contributed by atoms with van der Waals surface area (Å²) in [4.78, 5) is 46.0. The minimum Gasteiger partial charge on any atom is -0.480 e. The molecule has 2 unspecified atom stereocenters. The van der Waals surface area contributed by atoms with E-state index in [1.807, 2.05) is 42.5 Å². The lowest BCUT2D eigenvalue weighted by molar-refractivity contribution is -0.161. The highest BCUT2D eigenvalue weighted by molar-refractivity contribution is 7.47. The molecule has 0 fully saturated rings. The van der Waals surface area contributed by atoms with Gasteiger partial charge in [-0.15, -0.1) is 0 Å². The topological polar surface area (TPSA) is 192 Å². The number of ether oxygens (including phenoxy) is 2. The molecule has 0 bridgehead atoms. The molecule has 0 aliphatic rings. The second-order valence-corrected chi connectivity index (χ2v) is 16.5. The number of aliphatic carboxylic acids is 1. The van der Waals surface area contributed by atoms with Crippen molar-refractivity contribution in [1.82, 2.24) is 0 Å². The van der Waals surface area contributed by atoms with Crippen LogP contribution in [-0.2, 0) is 37.5 Å². The number of aliphatic hydroxyl groups excluding tert-OH is 1. The van der Waals surface area contributed by atoms with Gasteiger partial charge in [0.15, 0.2) is 6.10 Å². The SMILES string of the molecule is CC/C=C\C/C=C\CC(O)/C=C/C=C\C/C=C\CCCC(=O)O[C@H](COC(=O)CCCCCCCCCCCCCCCCCCC)COP(=O)(O)OC[C@H](N)C(=O)O. The van der Waals surface area contributed by atoms with Gasteiger partial charge in [-0.1, -0.05) is 177 Å². The second kappa shape index (κ2) is 40.5. The summed E-state index contributed by atoms with van der Waals surface area (Å²) in [7, 11) is -4.75. The van der Waals surface area contributed by atoms with E-state index in [1.165, 1.54) is 83.5 Å². The number of hydrogen-bond donors (Lipinski definition) is 4. The third-order valence-electron chi connectivity index (χ3n) is 9.36. The van der Waals surface area contributed by atoms with Gasteiger partial charge in [-0.2, -0.15) is 0 Å². The number of allylic oxidation sites excluding steroid dienone is 8. The summed E-state index contributed by atoms with van der Waals surface area (Å²) in [6.45, 7) is 2.55. The van der Waals surface area contributed by atoms with E-state index in [-0.39, 0.29) is 19.4 Å². The second-order valence-electron chi connectivity index (χ2n) is 15.0. The van der Waals surface area contributed by atoms with E-state index in [1.54, 1.807) is 6.08 Å². The van der Waals surface area contributed by atoms with Crippen molar-refractivity contribution < 1.29 is 52.6 Å². The van der Waals surface area contributed by atoms with Crippen molar-refractivity contribution in [3.63, 3.8) is 0 Å². The van der Waals surface area contributed by atoms with Gasteiger partial charge in [0.05, 0.1) is 19.3 Å². The number of carboxylic acid groups (broad SMARTS) is 1. The van der Waals surface area contributed by atoms with Crippen LogP contribution in [0.25, 0.3) is 0 Å². The fourth-order valence-electron chi connectivity index (χ4n) is 5.83.